The number of halogens is 2. The van der Waals surface area contributed by atoms with Gasteiger partial charge in [-0.15, -0.1) is 0 Å². The van der Waals surface area contributed by atoms with Crippen LogP contribution < -0.4 is 10.6 Å². The molecule has 4 N–H and O–H groups in total. The van der Waals surface area contributed by atoms with Gasteiger partial charge in [-0.1, -0.05) is 0 Å². The predicted molar refractivity (Wildman–Crippen MR) is 116 cm³/mol. The summed E-state index contributed by atoms with van der Waals surface area (Å²) in [6, 6.07) is 7.85. The first-order chi connectivity index (χ1) is 14.4. The van der Waals surface area contributed by atoms with Gasteiger partial charge in [0, 0.05) is 0 Å². The van der Waals surface area contributed by atoms with Crippen molar-refractivity contribution in [2.75, 3.05) is 12.4 Å². The Bertz CT molecular complexity index is 1100. The first-order valence-electron chi connectivity index (χ1n) is 9.00. The van der Waals surface area contributed by atoms with Crippen LogP contribution in [0.1, 0.15) is 10.5 Å². The minimum atomic E-state index is -1.15. The summed E-state index contributed by atoms with van der Waals surface area (Å²) in [5, 5.41) is 26.7. The zero-order valence-corrected chi connectivity index (χ0v) is 19.7. The van der Waals surface area contributed by atoms with Crippen LogP contribution in [0.25, 0.3) is 11.2 Å². The van der Waals surface area contributed by atoms with E-state index in [1.807, 2.05) is 24.3 Å². The number of carbonyl (C=O) groups excluding carboxylic acids is 1. The minimum absolute atomic E-state index is 0.0318. The van der Waals surface area contributed by atoms with Crippen LogP contribution in [0, 0.1) is 0 Å². The van der Waals surface area contributed by atoms with Gasteiger partial charge in [-0.05, 0) is 0 Å². The van der Waals surface area contributed by atoms with E-state index in [1.54, 1.807) is 4.57 Å². The summed E-state index contributed by atoms with van der Waals surface area (Å²) in [7, 11) is 1.51. The number of amides is 1. The molecule has 1 aromatic carbocycles. The number of aromatic nitrogens is 4. The van der Waals surface area contributed by atoms with E-state index < -0.39 is 36.9 Å². The Morgan fingerprint density at radius 1 is 1.33 bits per heavy atom. The molecular weight excluding hydrogens is 543 g/mol. The summed E-state index contributed by atoms with van der Waals surface area (Å²) in [5.41, 5.74) is 1.97. The molecule has 3 heterocycles. The topological polar surface area (TPSA) is 125 Å². The van der Waals surface area contributed by atoms with E-state index in [4.69, 9.17) is 11.6 Å². The van der Waals surface area contributed by atoms with Crippen LogP contribution in [0.15, 0.2) is 35.1 Å². The van der Waals surface area contributed by atoms with Crippen molar-refractivity contribution in [1.29, 1.82) is 0 Å². The Labute approximate surface area is 191 Å². The SMILES string of the molecule is CNC(=O)[C@@H]1[Se][C@@H](n2cnc3c(NCc4cccc(Br)c4)nc(Cl)nc32)[C@H](O)[C@@H]1O. The van der Waals surface area contributed by atoms with Crippen LogP contribution in [-0.2, 0) is 11.3 Å². The van der Waals surface area contributed by atoms with Gasteiger partial charge in [0.15, 0.2) is 0 Å². The number of carbonyl (C=O) groups is 1. The molecule has 1 aliphatic rings. The third-order valence-corrected chi connectivity index (χ3v) is 8.72. The van der Waals surface area contributed by atoms with E-state index in [2.05, 4.69) is 41.5 Å². The third kappa shape index (κ3) is 4.05. The van der Waals surface area contributed by atoms with Gasteiger partial charge in [0.2, 0.25) is 0 Å². The number of fused-ring (bicyclic) bond motifs is 1. The monoisotopic (exact) mass is 560 g/mol. The second-order valence-corrected chi connectivity index (χ2v) is 10.6. The second-order valence-electron chi connectivity index (χ2n) is 6.69. The number of hydrogen-bond acceptors (Lipinski definition) is 7. The van der Waals surface area contributed by atoms with Crippen LogP contribution >= 0.6 is 27.5 Å². The molecule has 0 unspecified atom stereocenters. The standard InChI is InChI=1S/C18H18BrClN6O3Se/c1-21-16(29)13-11(27)12(28)17(30-13)26-7-23-10-14(24-18(20)25-15(10)26)22-6-8-3-2-4-9(19)5-8/h2-5,7,11-13,17,27-28H,6H2,1H3,(H,21,29)(H,22,24,25)/t11-,12+,13+,17+/m0/s1. The van der Waals surface area contributed by atoms with E-state index in [9.17, 15) is 15.0 Å². The number of anilines is 1. The molecule has 3 aromatic rings. The van der Waals surface area contributed by atoms with Crippen molar-refractivity contribution >= 4 is 65.4 Å². The van der Waals surface area contributed by atoms with E-state index in [0.717, 1.165) is 10.0 Å². The number of rotatable bonds is 5. The van der Waals surface area contributed by atoms with Crippen molar-refractivity contribution in [3.05, 3.63) is 45.9 Å². The molecular formula is C18H18BrClN6O3Se. The van der Waals surface area contributed by atoms with Crippen LogP contribution in [0.4, 0.5) is 5.82 Å². The zero-order chi connectivity index (χ0) is 21.4. The summed E-state index contributed by atoms with van der Waals surface area (Å²) in [6.07, 6.45) is -0.732. The summed E-state index contributed by atoms with van der Waals surface area (Å²) in [5.74, 6) is 0.171. The predicted octanol–water partition coefficient (Wildman–Crippen LogP) is 1.33. The van der Waals surface area contributed by atoms with Crippen LogP contribution in [0.5, 0.6) is 0 Å². The Kier molecular flexibility index (Phi) is 6.29. The van der Waals surface area contributed by atoms with Gasteiger partial charge in [-0.25, -0.2) is 0 Å². The number of nitrogens with zero attached hydrogens (tertiary/aromatic N) is 4. The molecule has 0 bridgehead atoms. The van der Waals surface area contributed by atoms with Gasteiger partial charge in [0.05, 0.1) is 0 Å². The van der Waals surface area contributed by atoms with Gasteiger partial charge >= 0.3 is 192 Å². The summed E-state index contributed by atoms with van der Waals surface area (Å²) < 4.78 is 2.64. The van der Waals surface area contributed by atoms with Crippen molar-refractivity contribution in [1.82, 2.24) is 24.8 Å². The molecule has 2 aromatic heterocycles. The fourth-order valence-electron chi connectivity index (χ4n) is 3.28. The average Bonchev–Trinajstić information content (AvgIpc) is 3.27. The van der Waals surface area contributed by atoms with E-state index in [1.165, 1.54) is 13.4 Å². The normalized spacial score (nSPS) is 23.6. The molecule has 158 valence electrons. The number of benzene rings is 1. The van der Waals surface area contributed by atoms with Crippen LogP contribution in [0.3, 0.4) is 0 Å². The third-order valence-electron chi connectivity index (χ3n) is 4.76. The van der Waals surface area contributed by atoms with Crippen LogP contribution in [0.2, 0.25) is 10.1 Å². The molecule has 1 aliphatic heterocycles. The zero-order valence-electron chi connectivity index (χ0n) is 15.7. The Hall–Kier alpha value is -1.75. The van der Waals surface area contributed by atoms with Gasteiger partial charge in [0.25, 0.3) is 0 Å². The van der Waals surface area contributed by atoms with Crippen LogP contribution in [-0.4, -0.2) is 69.9 Å². The molecule has 0 aliphatic carbocycles. The molecule has 12 heteroatoms. The molecule has 4 rings (SSSR count). The Morgan fingerprint density at radius 2 is 2.13 bits per heavy atom. The molecule has 1 saturated heterocycles. The Balaban J connectivity index is 1.64. The summed E-state index contributed by atoms with van der Waals surface area (Å²) in [6.45, 7) is 0.502. The van der Waals surface area contributed by atoms with Crippen molar-refractivity contribution in [2.24, 2.45) is 0 Å². The molecule has 1 fully saturated rings. The van der Waals surface area contributed by atoms with Gasteiger partial charge < -0.3 is 0 Å². The summed E-state index contributed by atoms with van der Waals surface area (Å²) in [4.78, 5) is 23.8. The molecule has 0 radical (unpaired) electrons. The van der Waals surface area contributed by atoms with E-state index in [-0.39, 0.29) is 11.2 Å². The molecule has 9 nitrogen and oxygen atoms in total. The van der Waals surface area contributed by atoms with E-state index in [0.29, 0.717) is 23.5 Å². The van der Waals surface area contributed by atoms with Gasteiger partial charge in [-0.2, -0.15) is 0 Å². The molecule has 0 saturated carbocycles. The molecule has 4 atom stereocenters. The fourth-order valence-corrected chi connectivity index (χ4v) is 6.98. The van der Waals surface area contributed by atoms with Crippen molar-refractivity contribution < 1.29 is 15.0 Å². The van der Waals surface area contributed by atoms with Gasteiger partial charge in [-0.3, -0.25) is 0 Å². The first kappa shape index (κ1) is 21.5. The van der Waals surface area contributed by atoms with Crippen molar-refractivity contribution in [3.8, 4) is 0 Å². The number of hydrogen-bond donors (Lipinski definition) is 4. The number of imidazole rings is 1. The maximum absolute atomic E-state index is 12.0. The quantitative estimate of drug-likeness (QED) is 0.274. The first-order valence-corrected chi connectivity index (χ1v) is 12.2. The van der Waals surface area contributed by atoms with Crippen molar-refractivity contribution in [3.63, 3.8) is 0 Å². The number of nitrogens with one attached hydrogen (secondary N) is 2. The summed E-state index contributed by atoms with van der Waals surface area (Å²) >= 11 is 9.18. The number of aliphatic hydroxyl groups is 2. The molecule has 0 spiro atoms. The fraction of sp³-hybridized carbons (Fsp3) is 0.333. The van der Waals surface area contributed by atoms with E-state index >= 15 is 0 Å². The molecule has 1 amide bonds. The number of aliphatic hydroxyl groups excluding tert-OH is 2. The molecule has 30 heavy (non-hydrogen) atoms. The average molecular weight is 561 g/mol. The second kappa shape index (κ2) is 8.78. The maximum atomic E-state index is 12.0. The Morgan fingerprint density at radius 3 is 2.87 bits per heavy atom. The van der Waals surface area contributed by atoms with Crippen molar-refractivity contribution in [2.45, 2.75) is 28.5 Å². The van der Waals surface area contributed by atoms with Gasteiger partial charge in [0.1, 0.15) is 0 Å².